The molecule has 0 aliphatic carbocycles. The number of carbonyl (C=O) groups is 2. The number of hydrogen-bond donors (Lipinski definition) is 0. The first-order valence-electron chi connectivity index (χ1n) is 9.89. The second-order valence-electron chi connectivity index (χ2n) is 7.71. The summed E-state index contributed by atoms with van der Waals surface area (Å²) in [5.74, 6) is 0.317. The molecule has 30 heavy (non-hydrogen) atoms. The lowest BCUT2D eigenvalue weighted by Crippen LogP contribution is -2.59. The first-order valence-corrected chi connectivity index (χ1v) is 11.3. The van der Waals surface area contributed by atoms with Crippen LogP contribution in [-0.4, -0.2) is 76.1 Å². The first kappa shape index (κ1) is 20.5. The predicted octanol–water partition coefficient (Wildman–Crippen LogP) is 0.363. The van der Waals surface area contributed by atoms with Gasteiger partial charge in [-0.05, 0) is 18.9 Å². The SMILES string of the molecule is Cc1nc(S(=O)(=O)N2CCC3C(=O)N(Cc4ccccc4)CC(=O)N3CC2)cn1C. The average Bonchev–Trinajstić information content (AvgIpc) is 2.92. The smallest absolute Gasteiger partial charge is 0.262 e. The fraction of sp³-hybridized carbons (Fsp3) is 0.450. The summed E-state index contributed by atoms with van der Waals surface area (Å²) in [6.07, 6.45) is 1.75. The van der Waals surface area contributed by atoms with E-state index in [9.17, 15) is 18.0 Å². The molecule has 1 aromatic heterocycles. The summed E-state index contributed by atoms with van der Waals surface area (Å²) in [5.41, 5.74) is 0.954. The standard InChI is InChI=1S/C20H25N5O4S/c1-15-21-18(13-22(15)2)30(28,29)24-9-8-17-20(27)23(12-16-6-4-3-5-7-16)14-19(26)25(17)11-10-24/h3-7,13,17H,8-12,14H2,1-2H3. The molecule has 2 fully saturated rings. The molecule has 2 aromatic rings. The summed E-state index contributed by atoms with van der Waals surface area (Å²) >= 11 is 0. The average molecular weight is 432 g/mol. The van der Waals surface area contributed by atoms with Gasteiger partial charge < -0.3 is 14.4 Å². The predicted molar refractivity (Wildman–Crippen MR) is 109 cm³/mol. The van der Waals surface area contributed by atoms with Crippen LogP contribution >= 0.6 is 0 Å². The fourth-order valence-electron chi connectivity index (χ4n) is 3.97. The zero-order valence-corrected chi connectivity index (χ0v) is 17.9. The molecule has 9 nitrogen and oxygen atoms in total. The molecule has 0 spiro atoms. The van der Waals surface area contributed by atoms with Gasteiger partial charge in [0.1, 0.15) is 18.4 Å². The van der Waals surface area contributed by atoms with Crippen molar-refractivity contribution in [1.29, 1.82) is 0 Å². The third kappa shape index (κ3) is 3.72. The number of benzene rings is 1. The van der Waals surface area contributed by atoms with Crippen LogP contribution in [0.4, 0.5) is 0 Å². The second kappa shape index (κ2) is 7.84. The van der Waals surface area contributed by atoms with E-state index in [0.717, 1.165) is 5.56 Å². The van der Waals surface area contributed by atoms with Gasteiger partial charge in [-0.3, -0.25) is 9.59 Å². The number of aromatic nitrogens is 2. The van der Waals surface area contributed by atoms with Crippen molar-refractivity contribution in [2.75, 3.05) is 26.2 Å². The van der Waals surface area contributed by atoms with Crippen molar-refractivity contribution in [3.05, 3.63) is 47.9 Å². The van der Waals surface area contributed by atoms with E-state index in [1.165, 1.54) is 15.4 Å². The van der Waals surface area contributed by atoms with Crippen molar-refractivity contribution >= 4 is 21.8 Å². The first-order chi connectivity index (χ1) is 14.3. The zero-order valence-electron chi connectivity index (χ0n) is 17.1. The van der Waals surface area contributed by atoms with Crippen molar-refractivity contribution in [3.8, 4) is 0 Å². The fourth-order valence-corrected chi connectivity index (χ4v) is 5.44. The van der Waals surface area contributed by atoms with Crippen molar-refractivity contribution in [1.82, 2.24) is 23.7 Å². The van der Waals surface area contributed by atoms with Crippen LogP contribution in [0.15, 0.2) is 41.6 Å². The van der Waals surface area contributed by atoms with Gasteiger partial charge >= 0.3 is 0 Å². The van der Waals surface area contributed by atoms with Gasteiger partial charge in [-0.2, -0.15) is 4.31 Å². The molecule has 0 bridgehead atoms. The van der Waals surface area contributed by atoms with Crippen LogP contribution in [0.2, 0.25) is 0 Å². The summed E-state index contributed by atoms with van der Waals surface area (Å²) in [6.45, 7) is 2.62. The highest BCUT2D eigenvalue weighted by molar-refractivity contribution is 7.89. The minimum absolute atomic E-state index is 0.00858. The molecule has 10 heteroatoms. The lowest BCUT2D eigenvalue weighted by molar-refractivity contribution is -0.156. The Bertz CT molecular complexity index is 1050. The van der Waals surface area contributed by atoms with E-state index >= 15 is 0 Å². The highest BCUT2D eigenvalue weighted by Crippen LogP contribution is 2.24. The topological polar surface area (TPSA) is 95.8 Å². The van der Waals surface area contributed by atoms with Gasteiger partial charge in [0, 0.05) is 39.4 Å². The lowest BCUT2D eigenvalue weighted by atomic mass is 10.1. The molecule has 160 valence electrons. The van der Waals surface area contributed by atoms with Crippen molar-refractivity contribution in [3.63, 3.8) is 0 Å². The molecular formula is C20H25N5O4S. The van der Waals surface area contributed by atoms with Crippen molar-refractivity contribution in [2.45, 2.75) is 31.0 Å². The maximum Gasteiger partial charge on any atom is 0.262 e. The molecule has 0 radical (unpaired) electrons. The van der Waals surface area contributed by atoms with Gasteiger partial charge in [-0.15, -0.1) is 0 Å². The quantitative estimate of drug-likeness (QED) is 0.697. The van der Waals surface area contributed by atoms with Crippen molar-refractivity contribution < 1.29 is 18.0 Å². The highest BCUT2D eigenvalue weighted by atomic mass is 32.2. The second-order valence-corrected chi connectivity index (χ2v) is 9.60. The number of fused-ring (bicyclic) bond motifs is 1. The van der Waals surface area contributed by atoms with Gasteiger partial charge in [0.25, 0.3) is 10.0 Å². The van der Waals surface area contributed by atoms with Gasteiger partial charge in [0.2, 0.25) is 11.8 Å². The van der Waals surface area contributed by atoms with Crippen LogP contribution in [0.1, 0.15) is 17.8 Å². The highest BCUT2D eigenvalue weighted by Gasteiger charge is 2.42. The van der Waals surface area contributed by atoms with Gasteiger partial charge in [0.15, 0.2) is 5.03 Å². The molecule has 2 aliphatic heterocycles. The summed E-state index contributed by atoms with van der Waals surface area (Å²) < 4.78 is 29.0. The molecule has 0 N–H and O–H groups in total. The van der Waals surface area contributed by atoms with E-state index in [1.54, 1.807) is 23.4 Å². The van der Waals surface area contributed by atoms with Crippen LogP contribution in [-0.2, 0) is 33.2 Å². The van der Waals surface area contributed by atoms with E-state index in [1.807, 2.05) is 30.3 Å². The summed E-state index contributed by atoms with van der Waals surface area (Å²) in [6, 6.07) is 8.89. The summed E-state index contributed by atoms with van der Waals surface area (Å²) in [5, 5.41) is -0.00858. The number of sulfonamides is 1. The van der Waals surface area contributed by atoms with Gasteiger partial charge in [0.05, 0.1) is 0 Å². The molecule has 2 amide bonds. The van der Waals surface area contributed by atoms with E-state index in [0.29, 0.717) is 12.4 Å². The third-order valence-corrected chi connectivity index (χ3v) is 7.54. The normalized spacial score (nSPS) is 20.9. The van der Waals surface area contributed by atoms with Crippen LogP contribution < -0.4 is 0 Å². The Labute approximate surface area is 175 Å². The number of hydrogen-bond acceptors (Lipinski definition) is 5. The van der Waals surface area contributed by atoms with E-state index in [2.05, 4.69) is 4.98 Å². The Morgan fingerprint density at radius 3 is 2.50 bits per heavy atom. The number of carbonyl (C=O) groups excluding carboxylic acids is 2. The minimum atomic E-state index is -3.79. The molecule has 3 heterocycles. The minimum Gasteiger partial charge on any atom is -0.337 e. The van der Waals surface area contributed by atoms with E-state index in [4.69, 9.17) is 0 Å². The van der Waals surface area contributed by atoms with Crippen molar-refractivity contribution in [2.24, 2.45) is 7.05 Å². The van der Waals surface area contributed by atoms with Gasteiger partial charge in [-0.1, -0.05) is 30.3 Å². The molecule has 2 saturated heterocycles. The molecule has 4 rings (SSSR count). The number of imidazole rings is 1. The number of aryl methyl sites for hydroxylation is 2. The molecular weight excluding hydrogens is 406 g/mol. The summed E-state index contributed by atoms with van der Waals surface area (Å²) in [7, 11) is -2.05. The Kier molecular flexibility index (Phi) is 5.37. The number of nitrogens with zero attached hydrogens (tertiary/aromatic N) is 5. The molecule has 1 aromatic carbocycles. The largest absolute Gasteiger partial charge is 0.337 e. The van der Waals surface area contributed by atoms with E-state index < -0.39 is 16.1 Å². The third-order valence-electron chi connectivity index (χ3n) is 5.77. The summed E-state index contributed by atoms with van der Waals surface area (Å²) in [4.78, 5) is 33.1. The number of piperazine rings is 1. The van der Waals surface area contributed by atoms with Gasteiger partial charge in [-0.25, -0.2) is 13.4 Å². The zero-order chi connectivity index (χ0) is 21.5. The Morgan fingerprint density at radius 2 is 1.83 bits per heavy atom. The van der Waals surface area contributed by atoms with Crippen LogP contribution in [0.25, 0.3) is 0 Å². The maximum atomic E-state index is 13.1. The molecule has 0 saturated carbocycles. The number of amides is 2. The Balaban J connectivity index is 1.52. The van der Waals surface area contributed by atoms with E-state index in [-0.39, 0.29) is 49.4 Å². The molecule has 2 aliphatic rings. The van der Waals surface area contributed by atoms with Crippen LogP contribution in [0, 0.1) is 6.92 Å². The maximum absolute atomic E-state index is 13.1. The lowest BCUT2D eigenvalue weighted by Gasteiger charge is -2.39. The monoisotopic (exact) mass is 431 g/mol. The Morgan fingerprint density at radius 1 is 1.10 bits per heavy atom. The molecule has 1 unspecified atom stereocenters. The van der Waals surface area contributed by atoms with Crippen LogP contribution in [0.3, 0.4) is 0 Å². The number of rotatable bonds is 4. The molecule has 1 atom stereocenters. The Hall–Kier alpha value is -2.72. The van der Waals surface area contributed by atoms with Crippen LogP contribution in [0.5, 0.6) is 0 Å².